The van der Waals surface area contributed by atoms with Gasteiger partial charge in [-0.3, -0.25) is 25.8 Å². The average molecular weight is 369 g/mol. The number of benzene rings is 2. The third-order valence-corrected chi connectivity index (χ3v) is 3.34. The fourth-order valence-corrected chi connectivity index (χ4v) is 1.99. The van der Waals surface area contributed by atoms with E-state index in [1.54, 1.807) is 0 Å². The van der Waals surface area contributed by atoms with Crippen molar-refractivity contribution in [3.63, 3.8) is 0 Å². The summed E-state index contributed by atoms with van der Waals surface area (Å²) in [6.45, 7) is 0. The third kappa shape index (κ3) is 4.61. The van der Waals surface area contributed by atoms with Crippen molar-refractivity contribution in [2.75, 3.05) is 5.32 Å². The minimum absolute atomic E-state index is 0.0344. The number of hydrogen-bond acceptors (Lipinski definition) is 4. The molecular weight excluding hydrogens is 359 g/mol. The van der Waals surface area contributed by atoms with Crippen LogP contribution in [0, 0.1) is 15.9 Å². The molecular formula is C14H10ClFN4O3S. The largest absolute Gasteiger partial charge is 0.330 e. The van der Waals surface area contributed by atoms with Gasteiger partial charge in [0.25, 0.3) is 11.6 Å². The first-order valence-corrected chi connectivity index (χ1v) is 7.22. The molecule has 124 valence electrons. The van der Waals surface area contributed by atoms with Crippen molar-refractivity contribution < 1.29 is 14.1 Å². The zero-order valence-corrected chi connectivity index (χ0v) is 13.5. The number of nitrogens with one attached hydrogen (secondary N) is 3. The SMILES string of the molecule is O=C(NNC(=S)Nc1cc([N+](=O)[O-])ccc1Cl)c1ccc(F)cc1. The lowest BCUT2D eigenvalue weighted by molar-refractivity contribution is -0.384. The smallest absolute Gasteiger partial charge is 0.271 e. The molecule has 0 aliphatic carbocycles. The molecule has 10 heteroatoms. The number of hydrazine groups is 1. The number of thiocarbonyl (C=S) groups is 1. The Labute approximate surface area is 145 Å². The summed E-state index contributed by atoms with van der Waals surface area (Å²) in [4.78, 5) is 22.0. The number of hydrogen-bond donors (Lipinski definition) is 3. The molecule has 0 aliphatic heterocycles. The van der Waals surface area contributed by atoms with Gasteiger partial charge in [0, 0.05) is 17.7 Å². The summed E-state index contributed by atoms with van der Waals surface area (Å²) in [5.74, 6) is -0.999. The Morgan fingerprint density at radius 1 is 1.17 bits per heavy atom. The molecule has 0 fully saturated rings. The number of anilines is 1. The van der Waals surface area contributed by atoms with Crippen molar-refractivity contribution in [1.29, 1.82) is 0 Å². The first-order valence-electron chi connectivity index (χ1n) is 6.43. The van der Waals surface area contributed by atoms with Gasteiger partial charge in [-0.15, -0.1) is 0 Å². The highest BCUT2D eigenvalue weighted by molar-refractivity contribution is 7.80. The molecule has 0 unspecified atom stereocenters. The molecule has 0 saturated heterocycles. The Hall–Kier alpha value is -2.78. The van der Waals surface area contributed by atoms with Crippen LogP contribution in [0.15, 0.2) is 42.5 Å². The maximum atomic E-state index is 12.8. The van der Waals surface area contributed by atoms with E-state index in [4.69, 9.17) is 23.8 Å². The monoisotopic (exact) mass is 368 g/mol. The highest BCUT2D eigenvalue weighted by atomic mass is 35.5. The molecule has 0 radical (unpaired) electrons. The van der Waals surface area contributed by atoms with E-state index in [1.165, 1.54) is 30.3 Å². The number of carbonyl (C=O) groups is 1. The van der Waals surface area contributed by atoms with E-state index < -0.39 is 16.6 Å². The number of non-ortho nitro benzene ring substituents is 1. The van der Waals surface area contributed by atoms with E-state index >= 15 is 0 Å². The number of halogens is 2. The predicted molar refractivity (Wildman–Crippen MR) is 91.3 cm³/mol. The molecule has 2 aromatic carbocycles. The Morgan fingerprint density at radius 3 is 2.46 bits per heavy atom. The van der Waals surface area contributed by atoms with E-state index in [-0.39, 0.29) is 27.1 Å². The van der Waals surface area contributed by atoms with Gasteiger partial charge in [-0.1, -0.05) is 11.6 Å². The second-order valence-electron chi connectivity index (χ2n) is 4.46. The van der Waals surface area contributed by atoms with Crippen LogP contribution in [0.2, 0.25) is 5.02 Å². The summed E-state index contributed by atoms with van der Waals surface area (Å²) >= 11 is 10.9. The Bertz CT molecular complexity index is 801. The minimum Gasteiger partial charge on any atom is -0.330 e. The normalized spacial score (nSPS) is 9.92. The summed E-state index contributed by atoms with van der Waals surface area (Å²) in [6.07, 6.45) is 0. The lowest BCUT2D eigenvalue weighted by Gasteiger charge is -2.12. The first kappa shape index (κ1) is 17.6. The molecule has 0 aromatic heterocycles. The third-order valence-electron chi connectivity index (χ3n) is 2.80. The summed E-state index contributed by atoms with van der Waals surface area (Å²) < 4.78 is 12.8. The zero-order valence-electron chi connectivity index (χ0n) is 11.9. The molecule has 2 aromatic rings. The summed E-state index contributed by atoms with van der Waals surface area (Å²) in [5.41, 5.74) is 4.99. The van der Waals surface area contributed by atoms with Crippen molar-refractivity contribution in [2.45, 2.75) is 0 Å². The van der Waals surface area contributed by atoms with Gasteiger partial charge >= 0.3 is 0 Å². The number of carbonyl (C=O) groups excluding carboxylic acids is 1. The summed E-state index contributed by atoms with van der Waals surface area (Å²) in [5, 5.41) is 13.6. The fourth-order valence-electron chi connectivity index (χ4n) is 1.66. The van der Waals surface area contributed by atoms with Crippen LogP contribution in [0.1, 0.15) is 10.4 Å². The van der Waals surface area contributed by atoms with Crippen LogP contribution in [0.25, 0.3) is 0 Å². The topological polar surface area (TPSA) is 96.3 Å². The quantitative estimate of drug-likeness (QED) is 0.438. The molecule has 0 spiro atoms. The fraction of sp³-hybridized carbons (Fsp3) is 0. The molecule has 2 rings (SSSR count). The molecule has 0 atom stereocenters. The van der Waals surface area contributed by atoms with Gasteiger partial charge < -0.3 is 5.32 Å². The Kier molecular flexibility index (Phi) is 5.61. The lowest BCUT2D eigenvalue weighted by atomic mass is 10.2. The van der Waals surface area contributed by atoms with E-state index in [0.717, 1.165) is 12.1 Å². The van der Waals surface area contributed by atoms with Gasteiger partial charge in [0.1, 0.15) is 5.82 Å². The second kappa shape index (κ2) is 7.66. The van der Waals surface area contributed by atoms with Crippen LogP contribution in [0.5, 0.6) is 0 Å². The van der Waals surface area contributed by atoms with E-state index in [1.807, 2.05) is 0 Å². The van der Waals surface area contributed by atoms with Crippen molar-refractivity contribution in [2.24, 2.45) is 0 Å². The van der Waals surface area contributed by atoms with Crippen LogP contribution in [0.4, 0.5) is 15.8 Å². The Balaban J connectivity index is 1.96. The predicted octanol–water partition coefficient (Wildman–Crippen LogP) is 3.02. The maximum absolute atomic E-state index is 12.8. The highest BCUT2D eigenvalue weighted by Gasteiger charge is 2.11. The number of rotatable bonds is 3. The average Bonchev–Trinajstić information content (AvgIpc) is 2.55. The molecule has 24 heavy (non-hydrogen) atoms. The van der Waals surface area contributed by atoms with Gasteiger partial charge in [-0.05, 0) is 42.5 Å². The maximum Gasteiger partial charge on any atom is 0.271 e. The van der Waals surface area contributed by atoms with E-state index in [9.17, 15) is 19.3 Å². The Morgan fingerprint density at radius 2 is 1.83 bits per heavy atom. The molecule has 0 bridgehead atoms. The lowest BCUT2D eigenvalue weighted by Crippen LogP contribution is -2.43. The van der Waals surface area contributed by atoms with Crippen LogP contribution in [-0.4, -0.2) is 15.9 Å². The van der Waals surface area contributed by atoms with Crippen molar-refractivity contribution >= 4 is 46.2 Å². The van der Waals surface area contributed by atoms with Crippen molar-refractivity contribution in [3.05, 3.63) is 69.0 Å². The molecule has 0 saturated carbocycles. The van der Waals surface area contributed by atoms with Gasteiger partial charge in [0.05, 0.1) is 15.6 Å². The van der Waals surface area contributed by atoms with Crippen molar-refractivity contribution in [1.82, 2.24) is 10.9 Å². The number of nitro benzene ring substituents is 1. The standard InChI is InChI=1S/C14H10ClFN4O3S/c15-11-6-5-10(20(22)23)7-12(11)17-14(24)19-18-13(21)8-1-3-9(16)4-2-8/h1-7H,(H,18,21)(H2,17,19,24). The van der Waals surface area contributed by atoms with Crippen LogP contribution in [-0.2, 0) is 0 Å². The zero-order chi connectivity index (χ0) is 17.7. The molecule has 3 N–H and O–H groups in total. The molecule has 7 nitrogen and oxygen atoms in total. The minimum atomic E-state index is -0.575. The second-order valence-corrected chi connectivity index (χ2v) is 5.28. The van der Waals surface area contributed by atoms with Crippen LogP contribution < -0.4 is 16.2 Å². The molecule has 0 heterocycles. The summed E-state index contributed by atoms with van der Waals surface area (Å²) in [7, 11) is 0. The number of amides is 1. The molecule has 0 aliphatic rings. The van der Waals surface area contributed by atoms with E-state index in [2.05, 4.69) is 16.2 Å². The van der Waals surface area contributed by atoms with Gasteiger partial charge in [0.15, 0.2) is 5.11 Å². The first-order chi connectivity index (χ1) is 11.4. The summed E-state index contributed by atoms with van der Waals surface area (Å²) in [6, 6.07) is 8.71. The van der Waals surface area contributed by atoms with Crippen LogP contribution in [0.3, 0.4) is 0 Å². The molecule has 1 amide bonds. The van der Waals surface area contributed by atoms with Gasteiger partial charge in [-0.2, -0.15) is 0 Å². The number of nitro groups is 1. The van der Waals surface area contributed by atoms with Crippen LogP contribution >= 0.6 is 23.8 Å². The number of nitrogens with zero attached hydrogens (tertiary/aromatic N) is 1. The van der Waals surface area contributed by atoms with Crippen molar-refractivity contribution in [3.8, 4) is 0 Å². The van der Waals surface area contributed by atoms with Gasteiger partial charge in [0.2, 0.25) is 0 Å². The van der Waals surface area contributed by atoms with Gasteiger partial charge in [-0.25, -0.2) is 4.39 Å². The highest BCUT2D eigenvalue weighted by Crippen LogP contribution is 2.26. The van der Waals surface area contributed by atoms with E-state index in [0.29, 0.717) is 0 Å².